The molecule has 7 nitrogen and oxygen atoms in total. The first-order chi connectivity index (χ1) is 12.4. The number of epoxide rings is 1. The zero-order valence-corrected chi connectivity index (χ0v) is 14.9. The zero-order chi connectivity index (χ0) is 19.3. The molecule has 26 heavy (non-hydrogen) atoms. The number of aldehydes is 1. The van der Waals surface area contributed by atoms with Crippen LogP contribution in [0.15, 0.2) is 0 Å². The van der Waals surface area contributed by atoms with Gasteiger partial charge < -0.3 is 19.0 Å². The molecule has 0 aromatic carbocycles. The highest BCUT2D eigenvalue weighted by atomic mass is 19.1. The van der Waals surface area contributed by atoms with Gasteiger partial charge in [0.15, 0.2) is 0 Å². The molecule has 0 aromatic rings. The number of rotatable bonds is 10. The van der Waals surface area contributed by atoms with E-state index in [2.05, 4.69) is 0 Å². The highest BCUT2D eigenvalue weighted by molar-refractivity contribution is 5.85. The molecule has 0 saturated carbocycles. The first-order valence-corrected chi connectivity index (χ1v) is 8.96. The summed E-state index contributed by atoms with van der Waals surface area (Å²) < 4.78 is 42.0. The quantitative estimate of drug-likeness (QED) is 0.326. The van der Waals surface area contributed by atoms with Crippen molar-refractivity contribution >= 4 is 18.2 Å². The van der Waals surface area contributed by atoms with Gasteiger partial charge in [0.25, 0.3) is 0 Å². The van der Waals surface area contributed by atoms with E-state index in [9.17, 15) is 23.2 Å². The van der Waals surface area contributed by atoms with Crippen LogP contribution in [0, 0.1) is 5.92 Å². The molecule has 0 amide bonds. The van der Waals surface area contributed by atoms with Crippen molar-refractivity contribution in [1.82, 2.24) is 4.90 Å². The molecule has 9 heteroatoms. The molecule has 2 aliphatic heterocycles. The first kappa shape index (κ1) is 20.7. The third-order valence-corrected chi connectivity index (χ3v) is 4.44. The van der Waals surface area contributed by atoms with E-state index in [-0.39, 0.29) is 25.9 Å². The molecule has 0 N–H and O–H groups in total. The molecule has 2 saturated heterocycles. The van der Waals surface area contributed by atoms with Crippen LogP contribution in [0.2, 0.25) is 0 Å². The van der Waals surface area contributed by atoms with Gasteiger partial charge in [-0.25, -0.2) is 13.7 Å². The summed E-state index contributed by atoms with van der Waals surface area (Å²) in [5, 5.41) is 0. The fourth-order valence-corrected chi connectivity index (χ4v) is 3.13. The van der Waals surface area contributed by atoms with E-state index >= 15 is 0 Å². The van der Waals surface area contributed by atoms with Crippen molar-refractivity contribution in [3.05, 3.63) is 0 Å². The Hall–Kier alpha value is -1.61. The van der Waals surface area contributed by atoms with Crippen molar-refractivity contribution in [1.29, 1.82) is 0 Å². The number of ether oxygens (including phenoxy) is 3. The summed E-state index contributed by atoms with van der Waals surface area (Å²) in [4.78, 5) is 37.5. The summed E-state index contributed by atoms with van der Waals surface area (Å²) in [5.74, 6) is -2.68. The SMILES string of the molecule is CCCC(F)OC(=O)[C@H]1C[C@@H](C=O)[C@H](C(=O)OC(F)CCC)N1C1CO1. The second-order valence-electron chi connectivity index (χ2n) is 6.50. The van der Waals surface area contributed by atoms with E-state index in [1.807, 2.05) is 0 Å². The molecule has 2 fully saturated rings. The Morgan fingerprint density at radius 2 is 1.69 bits per heavy atom. The molecule has 2 aliphatic rings. The highest BCUT2D eigenvalue weighted by Gasteiger charge is 2.55. The largest absolute Gasteiger partial charge is 0.430 e. The number of carbonyl (C=O) groups is 3. The fraction of sp³-hybridized carbons (Fsp3) is 0.824. The zero-order valence-electron chi connectivity index (χ0n) is 14.9. The number of likely N-dealkylation sites (tertiary alicyclic amines) is 1. The maximum Gasteiger partial charge on any atom is 0.326 e. The molecule has 6 atom stereocenters. The average Bonchev–Trinajstić information content (AvgIpc) is 3.34. The van der Waals surface area contributed by atoms with Crippen molar-refractivity contribution in [3.63, 3.8) is 0 Å². The minimum absolute atomic E-state index is 0.0362. The van der Waals surface area contributed by atoms with Crippen molar-refractivity contribution in [2.24, 2.45) is 5.92 Å². The van der Waals surface area contributed by atoms with Crippen LogP contribution in [-0.4, -0.2) is 60.8 Å². The van der Waals surface area contributed by atoms with Gasteiger partial charge in [0, 0.05) is 18.8 Å². The maximum atomic E-state index is 13.7. The highest BCUT2D eigenvalue weighted by Crippen LogP contribution is 2.37. The topological polar surface area (TPSA) is 85.4 Å². The van der Waals surface area contributed by atoms with Gasteiger partial charge in [0.2, 0.25) is 12.7 Å². The van der Waals surface area contributed by atoms with Gasteiger partial charge in [-0.2, -0.15) is 0 Å². The van der Waals surface area contributed by atoms with Crippen molar-refractivity contribution in [3.8, 4) is 0 Å². The Balaban J connectivity index is 2.12. The third kappa shape index (κ3) is 4.97. The smallest absolute Gasteiger partial charge is 0.326 e. The summed E-state index contributed by atoms with van der Waals surface area (Å²) in [6.45, 7) is 3.74. The van der Waals surface area contributed by atoms with Gasteiger partial charge >= 0.3 is 11.9 Å². The lowest BCUT2D eigenvalue weighted by Crippen LogP contribution is -2.49. The van der Waals surface area contributed by atoms with E-state index in [4.69, 9.17) is 14.2 Å². The van der Waals surface area contributed by atoms with Crippen molar-refractivity contribution < 1.29 is 37.4 Å². The number of nitrogens with zero attached hydrogens (tertiary/aromatic N) is 1. The Morgan fingerprint density at radius 1 is 1.15 bits per heavy atom. The van der Waals surface area contributed by atoms with Gasteiger partial charge in [0.1, 0.15) is 24.6 Å². The van der Waals surface area contributed by atoms with Crippen LogP contribution < -0.4 is 0 Å². The Kier molecular flexibility index (Phi) is 7.45. The summed E-state index contributed by atoms with van der Waals surface area (Å²) in [7, 11) is 0. The number of alkyl halides is 2. The van der Waals surface area contributed by atoms with Crippen molar-refractivity contribution in [2.45, 2.75) is 77.0 Å². The van der Waals surface area contributed by atoms with Crippen LogP contribution in [-0.2, 0) is 28.6 Å². The van der Waals surface area contributed by atoms with Crippen molar-refractivity contribution in [2.75, 3.05) is 6.61 Å². The van der Waals surface area contributed by atoms with Crippen LogP contribution in [0.4, 0.5) is 8.78 Å². The van der Waals surface area contributed by atoms with Gasteiger partial charge in [-0.05, 0) is 19.3 Å². The molecule has 0 aromatic heterocycles. The Morgan fingerprint density at radius 3 is 2.15 bits per heavy atom. The standard InChI is InChI=1S/C17H25F2NO6/c1-3-5-12(18)25-16(22)11-7-10(8-21)15(20(11)14-9-24-14)17(23)26-13(19)6-4-2/h8,10-15H,3-7,9H2,1-2H3/t10-,11+,12?,13?,14?,15+/m0/s1. The molecule has 3 unspecified atom stereocenters. The maximum absolute atomic E-state index is 13.7. The lowest BCUT2D eigenvalue weighted by molar-refractivity contribution is -0.171. The molecule has 148 valence electrons. The van der Waals surface area contributed by atoms with Crippen LogP contribution in [0.5, 0.6) is 0 Å². The molecule has 0 radical (unpaired) electrons. The lowest BCUT2D eigenvalue weighted by Gasteiger charge is -2.27. The minimum atomic E-state index is -1.78. The molecule has 0 aliphatic carbocycles. The van der Waals surface area contributed by atoms with Gasteiger partial charge in [-0.1, -0.05) is 13.8 Å². The second kappa shape index (κ2) is 9.36. The Bertz CT molecular complexity index is 515. The van der Waals surface area contributed by atoms with Crippen LogP contribution >= 0.6 is 0 Å². The summed E-state index contributed by atoms with van der Waals surface area (Å²) in [5.41, 5.74) is 0. The van der Waals surface area contributed by atoms with E-state index in [0.29, 0.717) is 19.1 Å². The second-order valence-corrected chi connectivity index (χ2v) is 6.50. The van der Waals surface area contributed by atoms with E-state index in [0.717, 1.165) is 0 Å². The molecule has 2 rings (SSSR count). The first-order valence-electron chi connectivity index (χ1n) is 8.96. The predicted molar refractivity (Wildman–Crippen MR) is 85.1 cm³/mol. The molecule has 0 spiro atoms. The van der Waals surface area contributed by atoms with E-state index < -0.39 is 48.9 Å². The number of hydrogen-bond acceptors (Lipinski definition) is 7. The Labute approximate surface area is 150 Å². The van der Waals surface area contributed by atoms with Crippen LogP contribution in [0.25, 0.3) is 0 Å². The lowest BCUT2D eigenvalue weighted by atomic mass is 10.0. The average molecular weight is 377 g/mol. The monoisotopic (exact) mass is 377 g/mol. The van der Waals surface area contributed by atoms with Gasteiger partial charge in [-0.3, -0.25) is 9.59 Å². The summed E-state index contributed by atoms with van der Waals surface area (Å²) in [6.07, 6.45) is -2.55. The predicted octanol–water partition coefficient (Wildman–Crippen LogP) is 1.88. The fourth-order valence-electron chi connectivity index (χ4n) is 3.13. The van der Waals surface area contributed by atoms with Crippen LogP contribution in [0.3, 0.4) is 0 Å². The molecular formula is C17H25F2NO6. The summed E-state index contributed by atoms with van der Waals surface area (Å²) >= 11 is 0. The summed E-state index contributed by atoms with van der Waals surface area (Å²) in [6, 6.07) is -2.17. The van der Waals surface area contributed by atoms with Gasteiger partial charge in [-0.15, -0.1) is 0 Å². The van der Waals surface area contributed by atoms with E-state index in [1.54, 1.807) is 13.8 Å². The molecular weight excluding hydrogens is 352 g/mol. The number of hydrogen-bond donors (Lipinski definition) is 0. The number of carbonyl (C=O) groups excluding carboxylic acids is 3. The van der Waals surface area contributed by atoms with Gasteiger partial charge in [0.05, 0.1) is 6.61 Å². The third-order valence-electron chi connectivity index (χ3n) is 4.44. The normalized spacial score (nSPS) is 30.5. The molecule has 0 bridgehead atoms. The van der Waals surface area contributed by atoms with E-state index in [1.165, 1.54) is 4.90 Å². The van der Waals surface area contributed by atoms with Crippen LogP contribution in [0.1, 0.15) is 46.0 Å². The minimum Gasteiger partial charge on any atom is -0.430 e. The number of halogens is 2. The number of esters is 2. The molecule has 2 heterocycles.